The minimum atomic E-state index is 0.912. The molecule has 0 aliphatic heterocycles. The average Bonchev–Trinajstić information content (AvgIpc) is 2.95. The molecule has 0 saturated heterocycles. The van der Waals surface area contributed by atoms with Crippen LogP contribution in [-0.4, -0.2) is 0 Å². The summed E-state index contributed by atoms with van der Waals surface area (Å²) < 4.78 is 0. The maximum absolute atomic E-state index is 2.40. The normalized spacial score (nSPS) is 11.9. The molecule has 8 aromatic carbocycles. The van der Waals surface area contributed by atoms with Crippen molar-refractivity contribution in [1.29, 1.82) is 0 Å². The zero-order valence-corrected chi connectivity index (χ0v) is 20.4. The molecule has 0 bridgehead atoms. The van der Waals surface area contributed by atoms with Gasteiger partial charge in [0, 0.05) is 0 Å². The molecule has 0 aliphatic carbocycles. The SMILES string of the molecule is c1ccc2cc3c(cc(Cc4ccc5cc6c(ccc7ccccc76)cc5c4)c4ccccc43)cc2c1. The maximum atomic E-state index is 2.40. The van der Waals surface area contributed by atoms with Gasteiger partial charge in [-0.1, -0.05) is 109 Å². The molecule has 0 unspecified atom stereocenters. The largest absolute Gasteiger partial charge is 0.0616 e. The molecule has 0 fully saturated rings. The van der Waals surface area contributed by atoms with Crippen LogP contribution in [0.25, 0.3) is 64.6 Å². The molecule has 0 N–H and O–H groups in total. The predicted molar refractivity (Wildman–Crippen MR) is 161 cm³/mol. The van der Waals surface area contributed by atoms with E-state index < -0.39 is 0 Å². The smallest absolute Gasteiger partial charge is 0.00192 e. The molecule has 0 atom stereocenters. The highest BCUT2D eigenvalue weighted by Gasteiger charge is 2.10. The second kappa shape index (κ2) is 7.91. The molecule has 0 radical (unpaired) electrons. The van der Waals surface area contributed by atoms with Crippen LogP contribution in [-0.2, 0) is 6.42 Å². The lowest BCUT2D eigenvalue weighted by atomic mass is 9.91. The first kappa shape index (κ1) is 20.5. The summed E-state index contributed by atoms with van der Waals surface area (Å²) in [4.78, 5) is 0. The molecule has 0 aliphatic rings. The molecule has 0 saturated carbocycles. The van der Waals surface area contributed by atoms with Crippen molar-refractivity contribution in [2.75, 3.05) is 0 Å². The Morgan fingerprint density at radius 3 is 1.70 bits per heavy atom. The average molecular weight is 469 g/mol. The van der Waals surface area contributed by atoms with E-state index in [1.807, 2.05) is 0 Å². The fraction of sp³-hybridized carbons (Fsp3) is 0.0270. The van der Waals surface area contributed by atoms with E-state index in [0.717, 1.165) is 6.42 Å². The van der Waals surface area contributed by atoms with Gasteiger partial charge in [0.15, 0.2) is 0 Å². The van der Waals surface area contributed by atoms with Gasteiger partial charge >= 0.3 is 0 Å². The van der Waals surface area contributed by atoms with Crippen molar-refractivity contribution < 1.29 is 0 Å². The topological polar surface area (TPSA) is 0 Å². The van der Waals surface area contributed by atoms with Gasteiger partial charge in [-0.3, -0.25) is 0 Å². The van der Waals surface area contributed by atoms with Gasteiger partial charge in [0.2, 0.25) is 0 Å². The first-order valence-corrected chi connectivity index (χ1v) is 13.0. The number of fused-ring (bicyclic) bond motifs is 8. The van der Waals surface area contributed by atoms with Crippen molar-refractivity contribution in [2.45, 2.75) is 6.42 Å². The summed E-state index contributed by atoms with van der Waals surface area (Å²) in [5.74, 6) is 0. The van der Waals surface area contributed by atoms with Crippen LogP contribution in [0.3, 0.4) is 0 Å². The first-order chi connectivity index (χ1) is 18.3. The Morgan fingerprint density at radius 2 is 0.865 bits per heavy atom. The summed E-state index contributed by atoms with van der Waals surface area (Å²) in [6, 6.07) is 49.5. The third kappa shape index (κ3) is 3.30. The summed E-state index contributed by atoms with van der Waals surface area (Å²) in [5, 5.41) is 15.7. The Morgan fingerprint density at radius 1 is 0.297 bits per heavy atom. The highest BCUT2D eigenvalue weighted by Crippen LogP contribution is 2.34. The van der Waals surface area contributed by atoms with E-state index >= 15 is 0 Å². The fourth-order valence-corrected chi connectivity index (χ4v) is 6.15. The fourth-order valence-electron chi connectivity index (χ4n) is 6.15. The van der Waals surface area contributed by atoms with Crippen LogP contribution in [0.5, 0.6) is 0 Å². The lowest BCUT2D eigenvalue weighted by molar-refractivity contribution is 1.23. The predicted octanol–water partition coefficient (Wildman–Crippen LogP) is 10.2. The summed E-state index contributed by atoms with van der Waals surface area (Å²) >= 11 is 0. The lowest BCUT2D eigenvalue weighted by Crippen LogP contribution is -1.92. The third-order valence-corrected chi connectivity index (χ3v) is 7.97. The molecule has 0 amide bonds. The Kier molecular flexibility index (Phi) is 4.39. The maximum Gasteiger partial charge on any atom is -0.00192 e. The van der Waals surface area contributed by atoms with E-state index in [1.54, 1.807) is 0 Å². The van der Waals surface area contributed by atoms with Gasteiger partial charge in [-0.05, 0) is 106 Å². The summed E-state index contributed by atoms with van der Waals surface area (Å²) in [5.41, 5.74) is 2.72. The number of hydrogen-bond donors (Lipinski definition) is 0. The van der Waals surface area contributed by atoms with Crippen molar-refractivity contribution in [2.24, 2.45) is 0 Å². The molecule has 8 aromatic rings. The van der Waals surface area contributed by atoms with Gasteiger partial charge in [0.25, 0.3) is 0 Å². The number of rotatable bonds is 2. The van der Waals surface area contributed by atoms with E-state index in [-0.39, 0.29) is 0 Å². The van der Waals surface area contributed by atoms with Crippen LogP contribution >= 0.6 is 0 Å². The van der Waals surface area contributed by atoms with E-state index in [2.05, 4.69) is 133 Å². The monoisotopic (exact) mass is 468 g/mol. The molecule has 172 valence electrons. The van der Waals surface area contributed by atoms with Crippen molar-refractivity contribution in [3.05, 3.63) is 145 Å². The van der Waals surface area contributed by atoms with Gasteiger partial charge in [-0.25, -0.2) is 0 Å². The first-order valence-electron chi connectivity index (χ1n) is 13.0. The molecule has 8 rings (SSSR count). The number of benzene rings is 8. The molecule has 0 aromatic heterocycles. The zero-order valence-electron chi connectivity index (χ0n) is 20.4. The molecule has 37 heavy (non-hydrogen) atoms. The van der Waals surface area contributed by atoms with Crippen LogP contribution in [0.2, 0.25) is 0 Å². The Hall–Kier alpha value is -4.68. The molecule has 0 heteroatoms. The van der Waals surface area contributed by atoms with Gasteiger partial charge < -0.3 is 0 Å². The molecule has 0 heterocycles. The summed E-state index contributed by atoms with van der Waals surface area (Å²) in [6.45, 7) is 0. The molecular formula is C37H24. The van der Waals surface area contributed by atoms with Crippen molar-refractivity contribution in [3.8, 4) is 0 Å². The van der Waals surface area contributed by atoms with Crippen molar-refractivity contribution in [3.63, 3.8) is 0 Å². The van der Waals surface area contributed by atoms with Crippen molar-refractivity contribution >= 4 is 64.6 Å². The van der Waals surface area contributed by atoms with E-state index in [1.165, 1.54) is 75.8 Å². The highest BCUT2D eigenvalue weighted by atomic mass is 14.1. The Labute approximate surface area is 215 Å². The van der Waals surface area contributed by atoms with E-state index in [4.69, 9.17) is 0 Å². The quantitative estimate of drug-likeness (QED) is 0.175. The minimum Gasteiger partial charge on any atom is -0.0616 e. The molecular weight excluding hydrogens is 444 g/mol. The van der Waals surface area contributed by atoms with Gasteiger partial charge in [0.05, 0.1) is 0 Å². The standard InChI is InChI=1S/C37H24/c1-2-9-27-22-37-32(19-26(27)8-1)21-31(34-11-5-6-12-35(34)37)18-24-13-14-28-23-36-29(20-30(28)17-24)16-15-25-7-3-4-10-33(25)36/h1-17,19-23H,18H2. The Bertz CT molecular complexity index is 2160. The zero-order chi connectivity index (χ0) is 24.3. The third-order valence-electron chi connectivity index (χ3n) is 7.97. The van der Waals surface area contributed by atoms with Crippen LogP contribution in [0, 0.1) is 0 Å². The van der Waals surface area contributed by atoms with Gasteiger partial charge in [-0.15, -0.1) is 0 Å². The lowest BCUT2D eigenvalue weighted by Gasteiger charge is -2.13. The Balaban J connectivity index is 1.29. The summed E-state index contributed by atoms with van der Waals surface area (Å²) in [6.07, 6.45) is 0.912. The van der Waals surface area contributed by atoms with E-state index in [9.17, 15) is 0 Å². The van der Waals surface area contributed by atoms with Crippen LogP contribution < -0.4 is 0 Å². The number of hydrogen-bond acceptors (Lipinski definition) is 0. The van der Waals surface area contributed by atoms with Crippen molar-refractivity contribution in [1.82, 2.24) is 0 Å². The minimum absolute atomic E-state index is 0.912. The second-order valence-corrected chi connectivity index (χ2v) is 10.2. The van der Waals surface area contributed by atoms with Gasteiger partial charge in [0.1, 0.15) is 0 Å². The van der Waals surface area contributed by atoms with Crippen LogP contribution in [0.1, 0.15) is 11.1 Å². The van der Waals surface area contributed by atoms with Crippen LogP contribution in [0.15, 0.2) is 133 Å². The second-order valence-electron chi connectivity index (χ2n) is 10.2. The highest BCUT2D eigenvalue weighted by molar-refractivity contribution is 6.14. The molecule has 0 nitrogen and oxygen atoms in total. The van der Waals surface area contributed by atoms with E-state index in [0.29, 0.717) is 0 Å². The van der Waals surface area contributed by atoms with Gasteiger partial charge in [-0.2, -0.15) is 0 Å². The van der Waals surface area contributed by atoms with Crippen LogP contribution in [0.4, 0.5) is 0 Å². The molecule has 0 spiro atoms. The summed E-state index contributed by atoms with van der Waals surface area (Å²) in [7, 11) is 0.